The first-order chi connectivity index (χ1) is 7.24. The van der Waals surface area contributed by atoms with Gasteiger partial charge in [0.25, 0.3) is 0 Å². The lowest BCUT2D eigenvalue weighted by Crippen LogP contribution is -2.21. The molecule has 0 aliphatic carbocycles. The van der Waals surface area contributed by atoms with Crippen LogP contribution in [0.1, 0.15) is 21.9 Å². The Morgan fingerprint density at radius 1 is 1.80 bits per heavy atom. The second kappa shape index (κ2) is 5.65. The molecule has 1 aromatic rings. The molecule has 6 nitrogen and oxygen atoms in total. The van der Waals surface area contributed by atoms with E-state index in [1.807, 2.05) is 0 Å². The highest BCUT2D eigenvalue weighted by Crippen LogP contribution is 2.07. The number of carbonyl (C=O) groups excluding carboxylic acids is 1. The molecular formula is C8H5N4O2S-. The van der Waals surface area contributed by atoms with Gasteiger partial charge in [0.15, 0.2) is 0 Å². The van der Waals surface area contributed by atoms with Crippen molar-refractivity contribution in [3.8, 4) is 11.8 Å². The van der Waals surface area contributed by atoms with E-state index >= 15 is 0 Å². The number of carboxylic acid groups (broad SMARTS) is 1. The Hall–Kier alpha value is -2.03. The van der Waals surface area contributed by atoms with Crippen molar-refractivity contribution in [3.63, 3.8) is 0 Å². The zero-order valence-corrected chi connectivity index (χ0v) is 8.32. The molecule has 0 aliphatic heterocycles. The summed E-state index contributed by atoms with van der Waals surface area (Å²) in [5, 5.41) is 15.1. The predicted octanol–water partition coefficient (Wildman–Crippen LogP) is 0.559. The molecule has 0 atom stereocenters. The fraction of sp³-hybridized carbons (Fsp3) is 0.250. The van der Waals surface area contributed by atoms with Gasteiger partial charge in [-0.3, -0.25) is 0 Å². The van der Waals surface area contributed by atoms with Gasteiger partial charge in [-0.05, 0) is 11.5 Å². The maximum atomic E-state index is 10.4. The molecule has 7 heteroatoms. The fourth-order valence-corrected chi connectivity index (χ4v) is 1.31. The van der Waals surface area contributed by atoms with Gasteiger partial charge in [0.05, 0.1) is 0 Å². The van der Waals surface area contributed by atoms with Gasteiger partial charge < -0.3 is 9.90 Å². The molecule has 1 heterocycles. The van der Waals surface area contributed by atoms with Crippen molar-refractivity contribution in [2.24, 2.45) is 5.11 Å². The summed E-state index contributed by atoms with van der Waals surface area (Å²) in [6.07, 6.45) is 0.419. The van der Waals surface area contributed by atoms with Gasteiger partial charge in [-0.1, -0.05) is 11.0 Å². The monoisotopic (exact) mass is 221 g/mol. The van der Waals surface area contributed by atoms with E-state index in [2.05, 4.69) is 26.9 Å². The Labute approximate surface area is 89.2 Å². The zero-order valence-electron chi connectivity index (χ0n) is 7.51. The van der Waals surface area contributed by atoms with Crippen LogP contribution in [0.25, 0.3) is 10.4 Å². The summed E-state index contributed by atoms with van der Waals surface area (Å²) in [6, 6.07) is 0. The summed E-state index contributed by atoms with van der Waals surface area (Å²) < 4.78 is 0. The van der Waals surface area contributed by atoms with Gasteiger partial charge in [0.1, 0.15) is 16.7 Å². The van der Waals surface area contributed by atoms with Crippen LogP contribution in [0.3, 0.4) is 0 Å². The standard InChI is InChI=1S/C8H6N4O2S/c9-12-10-4-2-1-3-6-5-15-7(11-6)8(13)14/h5H,2,4H2,(H,13,14)/p-1. The minimum Gasteiger partial charge on any atom is -0.542 e. The lowest BCUT2D eigenvalue weighted by Gasteiger charge is -1.90. The van der Waals surface area contributed by atoms with E-state index in [0.29, 0.717) is 18.7 Å². The Balaban J connectivity index is 2.56. The van der Waals surface area contributed by atoms with Crippen molar-refractivity contribution in [2.45, 2.75) is 6.42 Å². The second-order valence-corrected chi connectivity index (χ2v) is 3.19. The predicted molar refractivity (Wildman–Crippen MR) is 52.0 cm³/mol. The summed E-state index contributed by atoms with van der Waals surface area (Å²) in [7, 11) is 0. The summed E-state index contributed by atoms with van der Waals surface area (Å²) in [5.74, 6) is 4.05. The number of aromatic nitrogens is 1. The topological polar surface area (TPSA) is 102 Å². The molecule has 0 radical (unpaired) electrons. The summed E-state index contributed by atoms with van der Waals surface area (Å²) in [4.78, 5) is 16.6. The quantitative estimate of drug-likeness (QED) is 0.245. The average Bonchev–Trinajstić information content (AvgIpc) is 2.66. The Bertz CT molecular complexity index is 464. The third kappa shape index (κ3) is 3.68. The number of azide groups is 1. The molecule has 0 saturated carbocycles. The molecule has 1 rings (SSSR count). The molecule has 0 bridgehead atoms. The smallest absolute Gasteiger partial charge is 0.140 e. The second-order valence-electron chi connectivity index (χ2n) is 2.33. The van der Waals surface area contributed by atoms with Crippen molar-refractivity contribution < 1.29 is 9.90 Å². The van der Waals surface area contributed by atoms with Gasteiger partial charge in [-0.2, -0.15) is 0 Å². The third-order valence-corrected chi connectivity index (χ3v) is 2.12. The molecule has 15 heavy (non-hydrogen) atoms. The number of carboxylic acids is 1. The number of carbonyl (C=O) groups is 1. The van der Waals surface area contributed by atoms with E-state index < -0.39 is 5.97 Å². The molecule has 0 aliphatic rings. The number of hydrogen-bond donors (Lipinski definition) is 0. The Morgan fingerprint density at radius 3 is 3.20 bits per heavy atom. The summed E-state index contributed by atoms with van der Waals surface area (Å²) >= 11 is 0.968. The molecule has 0 saturated heterocycles. The van der Waals surface area contributed by atoms with Crippen LogP contribution in [0.4, 0.5) is 0 Å². The van der Waals surface area contributed by atoms with E-state index in [0.717, 1.165) is 11.3 Å². The lowest BCUT2D eigenvalue weighted by atomic mass is 10.4. The fourth-order valence-electron chi connectivity index (χ4n) is 0.729. The number of hydrogen-bond acceptors (Lipinski definition) is 5. The van der Waals surface area contributed by atoms with Crippen LogP contribution < -0.4 is 5.11 Å². The van der Waals surface area contributed by atoms with Gasteiger partial charge in [-0.15, -0.1) is 11.3 Å². The largest absolute Gasteiger partial charge is 0.542 e. The lowest BCUT2D eigenvalue weighted by molar-refractivity contribution is -0.255. The molecule has 0 fully saturated rings. The van der Waals surface area contributed by atoms with Crippen molar-refractivity contribution in [1.29, 1.82) is 0 Å². The maximum absolute atomic E-state index is 10.4. The van der Waals surface area contributed by atoms with Gasteiger partial charge in [-0.25, -0.2) is 4.98 Å². The average molecular weight is 221 g/mol. The molecule has 1 aromatic heterocycles. The Morgan fingerprint density at radius 2 is 2.60 bits per heavy atom. The van der Waals surface area contributed by atoms with Crippen LogP contribution in [-0.2, 0) is 0 Å². The summed E-state index contributed by atoms with van der Waals surface area (Å²) in [5.41, 5.74) is 8.36. The first kappa shape index (κ1) is 11.0. The number of aromatic carboxylic acids is 1. The van der Waals surface area contributed by atoms with E-state index in [-0.39, 0.29) is 5.01 Å². The summed E-state index contributed by atoms with van der Waals surface area (Å²) in [6.45, 7) is 0.293. The molecule has 0 N–H and O–H groups in total. The molecule has 0 amide bonds. The molecular weight excluding hydrogens is 216 g/mol. The minimum absolute atomic E-state index is 0.0886. The first-order valence-electron chi connectivity index (χ1n) is 3.90. The van der Waals surface area contributed by atoms with Gasteiger partial charge >= 0.3 is 0 Å². The minimum atomic E-state index is -1.30. The number of rotatable bonds is 3. The van der Waals surface area contributed by atoms with E-state index in [4.69, 9.17) is 5.53 Å². The molecule has 76 valence electrons. The third-order valence-electron chi connectivity index (χ3n) is 1.30. The van der Waals surface area contributed by atoms with E-state index in [9.17, 15) is 9.90 Å². The van der Waals surface area contributed by atoms with Crippen LogP contribution in [0.15, 0.2) is 10.5 Å². The van der Waals surface area contributed by atoms with Crippen molar-refractivity contribution >= 4 is 17.3 Å². The van der Waals surface area contributed by atoms with Crippen molar-refractivity contribution in [3.05, 3.63) is 26.5 Å². The highest BCUT2D eigenvalue weighted by molar-refractivity contribution is 7.11. The normalized spacial score (nSPS) is 8.53. The van der Waals surface area contributed by atoms with Crippen LogP contribution >= 0.6 is 11.3 Å². The number of nitrogens with zero attached hydrogens (tertiary/aromatic N) is 4. The van der Waals surface area contributed by atoms with Crippen LogP contribution in [0.5, 0.6) is 0 Å². The van der Waals surface area contributed by atoms with E-state index in [1.165, 1.54) is 5.38 Å². The van der Waals surface area contributed by atoms with Gasteiger partial charge in [0, 0.05) is 23.3 Å². The SMILES string of the molecule is [N-]=[N+]=NCCC#Cc1csc(C(=O)[O-])n1. The van der Waals surface area contributed by atoms with Gasteiger partial charge in [0.2, 0.25) is 0 Å². The Kier molecular flexibility index (Phi) is 4.16. The molecule has 0 unspecified atom stereocenters. The van der Waals surface area contributed by atoms with E-state index in [1.54, 1.807) is 0 Å². The molecule has 0 spiro atoms. The van der Waals surface area contributed by atoms with Crippen LogP contribution in [0, 0.1) is 11.8 Å². The number of thiazole rings is 1. The zero-order chi connectivity index (χ0) is 11.1. The highest BCUT2D eigenvalue weighted by Gasteiger charge is 1.98. The highest BCUT2D eigenvalue weighted by atomic mass is 32.1. The first-order valence-corrected chi connectivity index (χ1v) is 4.78. The molecule has 0 aromatic carbocycles. The van der Waals surface area contributed by atoms with Crippen molar-refractivity contribution in [2.75, 3.05) is 6.54 Å². The maximum Gasteiger partial charge on any atom is 0.140 e. The van der Waals surface area contributed by atoms with Crippen LogP contribution in [-0.4, -0.2) is 17.5 Å². The van der Waals surface area contributed by atoms with Crippen molar-refractivity contribution in [1.82, 2.24) is 4.98 Å². The van der Waals surface area contributed by atoms with Crippen LogP contribution in [0.2, 0.25) is 0 Å².